The average Bonchev–Trinajstić information content (AvgIpc) is 2.91. The first-order chi connectivity index (χ1) is 19.8. The molecule has 1 atom stereocenters. The Labute approximate surface area is 259 Å². The van der Waals surface area contributed by atoms with Gasteiger partial charge in [0.1, 0.15) is 6.04 Å². The maximum Gasteiger partial charge on any atom is 0.243 e. The minimum absolute atomic E-state index is 0.0301. The first kappa shape index (κ1) is 33.4. The smallest absolute Gasteiger partial charge is 0.243 e. The monoisotopic (exact) mass is 631 g/mol. The van der Waals surface area contributed by atoms with Crippen molar-refractivity contribution < 1.29 is 18.0 Å². The number of rotatable bonds is 13. The molecular weight excluding hydrogens is 593 g/mol. The molecule has 2 amide bonds. The van der Waals surface area contributed by atoms with Gasteiger partial charge in [-0.15, -0.1) is 0 Å². The molecule has 0 aromatic heterocycles. The lowest BCUT2D eigenvalue weighted by Gasteiger charge is -2.33. The van der Waals surface area contributed by atoms with Gasteiger partial charge in [0.15, 0.2) is 0 Å². The topological polar surface area (TPSA) is 86.8 Å². The molecule has 7 nitrogen and oxygen atoms in total. The maximum absolute atomic E-state index is 13.9. The lowest BCUT2D eigenvalue weighted by Crippen LogP contribution is -2.51. The van der Waals surface area contributed by atoms with Gasteiger partial charge in [0.05, 0.1) is 11.9 Å². The van der Waals surface area contributed by atoms with Crippen LogP contribution in [0.2, 0.25) is 10.0 Å². The Bertz CT molecular complexity index is 1500. The van der Waals surface area contributed by atoms with Crippen LogP contribution in [0, 0.1) is 13.8 Å². The SMILES string of the molecule is Cc1cccc(N(CCCC(=O)N(Cc2ccc(Cl)cc2Cl)C(Cc2ccccc2)C(=O)NC(C)C)S(C)(=O)=O)c1C. The number of hydrogen-bond donors (Lipinski definition) is 1. The summed E-state index contributed by atoms with van der Waals surface area (Å²) in [5, 5.41) is 3.82. The van der Waals surface area contributed by atoms with Crippen molar-refractivity contribution in [2.75, 3.05) is 17.1 Å². The third-order valence-electron chi connectivity index (χ3n) is 7.05. The second-order valence-electron chi connectivity index (χ2n) is 10.8. The molecule has 0 radical (unpaired) electrons. The first-order valence-corrected chi connectivity index (χ1v) is 16.5. The van der Waals surface area contributed by atoms with E-state index >= 15 is 0 Å². The number of nitrogens with one attached hydrogen (secondary N) is 1. The fourth-order valence-electron chi connectivity index (χ4n) is 4.76. The summed E-state index contributed by atoms with van der Waals surface area (Å²) in [5.74, 6) is -0.560. The molecule has 42 heavy (non-hydrogen) atoms. The number of sulfonamides is 1. The number of nitrogens with zero attached hydrogens (tertiary/aromatic N) is 2. The second-order valence-corrected chi connectivity index (χ2v) is 13.5. The first-order valence-electron chi connectivity index (χ1n) is 13.9. The van der Waals surface area contributed by atoms with Gasteiger partial charge in [0.25, 0.3) is 0 Å². The minimum atomic E-state index is -3.60. The molecule has 3 rings (SSSR count). The van der Waals surface area contributed by atoms with Crippen LogP contribution >= 0.6 is 23.2 Å². The lowest BCUT2D eigenvalue weighted by molar-refractivity contribution is -0.141. The van der Waals surface area contributed by atoms with E-state index < -0.39 is 16.1 Å². The van der Waals surface area contributed by atoms with E-state index in [9.17, 15) is 18.0 Å². The molecule has 0 saturated heterocycles. The minimum Gasteiger partial charge on any atom is -0.352 e. The zero-order chi connectivity index (χ0) is 31.0. The van der Waals surface area contributed by atoms with E-state index in [0.717, 1.165) is 22.9 Å². The largest absolute Gasteiger partial charge is 0.352 e. The van der Waals surface area contributed by atoms with E-state index in [4.69, 9.17) is 23.2 Å². The van der Waals surface area contributed by atoms with Crippen LogP contribution in [0.25, 0.3) is 0 Å². The molecule has 0 aliphatic carbocycles. The van der Waals surface area contributed by atoms with Crippen molar-refractivity contribution in [2.45, 2.75) is 65.6 Å². The van der Waals surface area contributed by atoms with Gasteiger partial charge in [-0.1, -0.05) is 71.7 Å². The quantitative estimate of drug-likeness (QED) is 0.239. The number of halogens is 2. The van der Waals surface area contributed by atoms with Crippen molar-refractivity contribution in [3.05, 3.63) is 99.0 Å². The van der Waals surface area contributed by atoms with Crippen molar-refractivity contribution in [3.63, 3.8) is 0 Å². The van der Waals surface area contributed by atoms with Gasteiger partial charge in [-0.25, -0.2) is 8.42 Å². The number of hydrogen-bond acceptors (Lipinski definition) is 4. The van der Waals surface area contributed by atoms with Crippen molar-refractivity contribution >= 4 is 50.7 Å². The van der Waals surface area contributed by atoms with E-state index in [1.54, 1.807) is 29.2 Å². The molecule has 0 aliphatic heterocycles. The predicted molar refractivity (Wildman–Crippen MR) is 172 cm³/mol. The van der Waals surface area contributed by atoms with Gasteiger partial charge >= 0.3 is 0 Å². The Morgan fingerprint density at radius 3 is 2.26 bits per heavy atom. The zero-order valence-corrected chi connectivity index (χ0v) is 27.1. The Hall–Kier alpha value is -3.07. The van der Waals surface area contributed by atoms with Crippen LogP contribution in [0.1, 0.15) is 48.9 Å². The highest BCUT2D eigenvalue weighted by Gasteiger charge is 2.31. The van der Waals surface area contributed by atoms with Crippen molar-refractivity contribution in [1.82, 2.24) is 10.2 Å². The van der Waals surface area contributed by atoms with Crippen LogP contribution in [0.3, 0.4) is 0 Å². The zero-order valence-electron chi connectivity index (χ0n) is 24.7. The Morgan fingerprint density at radius 2 is 1.64 bits per heavy atom. The lowest BCUT2D eigenvalue weighted by atomic mass is 10.0. The maximum atomic E-state index is 13.9. The summed E-state index contributed by atoms with van der Waals surface area (Å²) in [5.41, 5.74) is 3.98. The molecule has 1 N–H and O–H groups in total. The number of amides is 2. The van der Waals surface area contributed by atoms with Crippen molar-refractivity contribution in [2.24, 2.45) is 0 Å². The number of aryl methyl sites for hydroxylation is 1. The van der Waals surface area contributed by atoms with Gasteiger partial charge in [-0.05, 0) is 74.6 Å². The molecule has 0 bridgehead atoms. The Kier molecular flexibility index (Phi) is 11.9. The van der Waals surface area contributed by atoms with Gasteiger partial charge in [-0.2, -0.15) is 0 Å². The molecule has 10 heteroatoms. The van der Waals surface area contributed by atoms with Crippen LogP contribution in [0.5, 0.6) is 0 Å². The van der Waals surface area contributed by atoms with Crippen molar-refractivity contribution in [1.29, 1.82) is 0 Å². The summed E-state index contributed by atoms with van der Waals surface area (Å²) < 4.78 is 26.9. The number of carbonyl (C=O) groups excluding carboxylic acids is 2. The molecule has 0 spiro atoms. The van der Waals surface area contributed by atoms with Crippen LogP contribution in [0.15, 0.2) is 66.7 Å². The molecule has 226 valence electrons. The van der Waals surface area contributed by atoms with Gasteiger partial charge in [0, 0.05) is 42.0 Å². The summed E-state index contributed by atoms with van der Waals surface area (Å²) in [4.78, 5) is 29.0. The molecule has 0 heterocycles. The van der Waals surface area contributed by atoms with Crippen LogP contribution in [0.4, 0.5) is 5.69 Å². The van der Waals surface area contributed by atoms with E-state index in [2.05, 4.69) is 5.32 Å². The normalized spacial score (nSPS) is 12.2. The van der Waals surface area contributed by atoms with E-state index in [0.29, 0.717) is 27.7 Å². The summed E-state index contributed by atoms with van der Waals surface area (Å²) in [6.07, 6.45) is 1.75. The van der Waals surface area contributed by atoms with Crippen LogP contribution in [-0.4, -0.2) is 50.0 Å². The molecule has 3 aromatic rings. The molecule has 0 saturated carbocycles. The highest BCUT2D eigenvalue weighted by atomic mass is 35.5. The number of benzene rings is 3. The standard InChI is InChI=1S/C32H39Cl2N3O4S/c1-22(2)35-32(39)30(19-25-12-7-6-8-13-25)36(21-26-16-17-27(33)20-28(26)34)31(38)15-10-18-37(42(5,40)41)29-14-9-11-23(3)24(29)4/h6-9,11-14,16-17,20,22,30H,10,15,18-19,21H2,1-5H3,(H,35,39). The van der Waals surface area contributed by atoms with Crippen LogP contribution < -0.4 is 9.62 Å². The molecule has 1 unspecified atom stereocenters. The van der Waals surface area contributed by atoms with E-state index in [1.807, 2.05) is 70.2 Å². The fraction of sp³-hybridized carbons (Fsp3) is 0.375. The predicted octanol–water partition coefficient (Wildman–Crippen LogP) is 6.32. The second kappa shape index (κ2) is 14.9. The third-order valence-corrected chi connectivity index (χ3v) is 8.82. The molecule has 0 aliphatic rings. The summed E-state index contributed by atoms with van der Waals surface area (Å²) in [6, 6.07) is 19.1. The summed E-state index contributed by atoms with van der Waals surface area (Å²) in [7, 11) is -3.60. The highest BCUT2D eigenvalue weighted by molar-refractivity contribution is 7.92. The Morgan fingerprint density at radius 1 is 0.952 bits per heavy atom. The van der Waals surface area contributed by atoms with Crippen LogP contribution in [-0.2, 0) is 32.6 Å². The average molecular weight is 633 g/mol. The fourth-order valence-corrected chi connectivity index (χ4v) is 6.24. The summed E-state index contributed by atoms with van der Waals surface area (Å²) >= 11 is 12.6. The summed E-state index contributed by atoms with van der Waals surface area (Å²) in [6.45, 7) is 7.75. The highest BCUT2D eigenvalue weighted by Crippen LogP contribution is 2.27. The van der Waals surface area contributed by atoms with Gasteiger partial charge in [0.2, 0.25) is 21.8 Å². The Balaban J connectivity index is 1.93. The van der Waals surface area contributed by atoms with E-state index in [1.165, 1.54) is 4.31 Å². The molecular formula is C32H39Cl2N3O4S. The number of anilines is 1. The third kappa shape index (κ3) is 9.21. The van der Waals surface area contributed by atoms with E-state index in [-0.39, 0.29) is 43.8 Å². The van der Waals surface area contributed by atoms with Gasteiger partial charge < -0.3 is 10.2 Å². The van der Waals surface area contributed by atoms with Crippen molar-refractivity contribution in [3.8, 4) is 0 Å². The molecule has 3 aromatic carbocycles. The molecule has 0 fully saturated rings. The van der Waals surface area contributed by atoms with Gasteiger partial charge in [-0.3, -0.25) is 13.9 Å². The number of carbonyl (C=O) groups is 2.